The van der Waals surface area contributed by atoms with E-state index in [1.807, 2.05) is 0 Å². The van der Waals surface area contributed by atoms with Crippen LogP contribution in [-0.4, -0.2) is 31.4 Å². The lowest BCUT2D eigenvalue weighted by molar-refractivity contribution is -0.185. The van der Waals surface area contributed by atoms with Gasteiger partial charge in [0.1, 0.15) is 5.78 Å². The van der Waals surface area contributed by atoms with Crippen molar-refractivity contribution in [1.29, 1.82) is 0 Å². The molecular weight excluding hydrogens is 476 g/mol. The number of carbonyl (C=O) groups is 3. The molecule has 5 rings (SSSR count). The molecule has 5 nitrogen and oxygen atoms in total. The van der Waals surface area contributed by atoms with Crippen molar-refractivity contribution >= 4 is 17.7 Å². The predicted octanol–water partition coefficient (Wildman–Crippen LogP) is 6.43. The second-order valence-electron chi connectivity index (χ2n) is 15.1. The van der Waals surface area contributed by atoms with Crippen molar-refractivity contribution in [2.24, 2.45) is 88.3 Å². The van der Waals surface area contributed by atoms with Gasteiger partial charge in [-0.1, -0.05) is 34.6 Å². The van der Waals surface area contributed by atoms with E-state index < -0.39 is 0 Å². The van der Waals surface area contributed by atoms with Crippen LogP contribution < -0.4 is 0 Å². The second-order valence-corrected chi connectivity index (χ2v) is 15.1. The Labute approximate surface area is 230 Å². The molecule has 5 aliphatic carbocycles. The van der Waals surface area contributed by atoms with Gasteiger partial charge in [-0.05, 0) is 116 Å². The Morgan fingerprint density at radius 2 is 1.37 bits per heavy atom. The van der Waals surface area contributed by atoms with Gasteiger partial charge in [-0.25, -0.2) is 0 Å². The molecule has 0 saturated heterocycles. The summed E-state index contributed by atoms with van der Waals surface area (Å²) in [7, 11) is 1.54. The van der Waals surface area contributed by atoms with Crippen molar-refractivity contribution in [3.05, 3.63) is 0 Å². The number of Topliss-reactive ketones (excluding diaryl/α,β-unsaturated/α-hetero) is 1. The Balaban J connectivity index is 1.50. The number of fused-ring (bicyclic) bond motifs is 7. The smallest absolute Gasteiger partial charge is 0.311 e. The van der Waals surface area contributed by atoms with Gasteiger partial charge in [-0.3, -0.25) is 14.4 Å². The Kier molecular flexibility index (Phi) is 7.57. The summed E-state index contributed by atoms with van der Waals surface area (Å²) in [5.41, 5.74) is -0.389. The fourth-order valence-corrected chi connectivity index (χ4v) is 11.8. The van der Waals surface area contributed by atoms with Crippen LogP contribution in [0.5, 0.6) is 0 Å². The van der Waals surface area contributed by atoms with Crippen LogP contribution in [0.3, 0.4) is 0 Å². The molecule has 0 aromatic heterocycles. The molecule has 0 spiro atoms. The van der Waals surface area contributed by atoms with Crippen molar-refractivity contribution in [3.8, 4) is 0 Å². The van der Waals surface area contributed by atoms with Gasteiger partial charge in [0.25, 0.3) is 0 Å². The van der Waals surface area contributed by atoms with Crippen LogP contribution in [0, 0.1) is 88.3 Å². The summed E-state index contributed by atoms with van der Waals surface area (Å²) < 4.78 is 11.0. The summed E-state index contributed by atoms with van der Waals surface area (Å²) >= 11 is 0. The second kappa shape index (κ2) is 10.2. The number of carbonyl (C=O) groups excluding carboxylic acids is 3. The SMILES string of the molecule is COC(=O)C1(C)CC2C(C[C@@H](C)C3C4C[C@@H](COC(C)=O)C5C(C)C(=O)C[C@H](C)C5C4C[C@@H](C)C23)[C@H](C)C1. The average molecular weight is 529 g/mol. The van der Waals surface area contributed by atoms with E-state index in [-0.39, 0.29) is 29.2 Å². The van der Waals surface area contributed by atoms with E-state index in [9.17, 15) is 14.4 Å². The van der Waals surface area contributed by atoms with Crippen LogP contribution >= 0.6 is 0 Å². The van der Waals surface area contributed by atoms with Gasteiger partial charge in [0.2, 0.25) is 0 Å². The third kappa shape index (κ3) is 4.46. The van der Waals surface area contributed by atoms with Crippen LogP contribution in [-0.2, 0) is 23.9 Å². The fraction of sp³-hybridized carbons (Fsp3) is 0.909. The summed E-state index contributed by atoms with van der Waals surface area (Å²) in [6.07, 6.45) is 6.15. The van der Waals surface area contributed by atoms with Gasteiger partial charge in [-0.15, -0.1) is 0 Å². The highest BCUT2D eigenvalue weighted by Crippen LogP contribution is 2.66. The first kappa shape index (κ1) is 28.1. The topological polar surface area (TPSA) is 69.7 Å². The molecule has 0 radical (unpaired) electrons. The van der Waals surface area contributed by atoms with Crippen LogP contribution in [0.4, 0.5) is 0 Å². The van der Waals surface area contributed by atoms with Crippen LogP contribution in [0.2, 0.25) is 0 Å². The maximum atomic E-state index is 13.0. The summed E-state index contributed by atoms with van der Waals surface area (Å²) in [6.45, 7) is 16.0. The Bertz CT molecular complexity index is 944. The van der Waals surface area contributed by atoms with Crippen molar-refractivity contribution in [3.63, 3.8) is 0 Å². The number of methoxy groups -OCH3 is 1. The zero-order valence-corrected chi connectivity index (χ0v) is 25.1. The molecule has 10 unspecified atom stereocenters. The maximum Gasteiger partial charge on any atom is 0.311 e. The van der Waals surface area contributed by atoms with E-state index in [1.54, 1.807) is 7.11 Å². The fourth-order valence-electron chi connectivity index (χ4n) is 11.8. The zero-order chi connectivity index (χ0) is 27.7. The van der Waals surface area contributed by atoms with Crippen LogP contribution in [0.15, 0.2) is 0 Å². The summed E-state index contributed by atoms with van der Waals surface area (Å²) in [5, 5.41) is 0. The highest BCUT2D eigenvalue weighted by Gasteiger charge is 2.62. The Morgan fingerprint density at radius 3 is 2.00 bits per heavy atom. The number of rotatable bonds is 3. The monoisotopic (exact) mass is 528 g/mol. The maximum absolute atomic E-state index is 13.0. The number of hydrogen-bond acceptors (Lipinski definition) is 5. The van der Waals surface area contributed by atoms with Crippen molar-refractivity contribution in [2.75, 3.05) is 13.7 Å². The third-order valence-electron chi connectivity index (χ3n) is 12.8. The molecule has 214 valence electrons. The first-order valence-electron chi connectivity index (χ1n) is 15.6. The molecule has 0 aromatic rings. The average Bonchev–Trinajstić information content (AvgIpc) is 2.85. The van der Waals surface area contributed by atoms with E-state index in [2.05, 4.69) is 41.5 Å². The third-order valence-corrected chi connectivity index (χ3v) is 12.8. The standard InChI is InChI=1S/C33H52O5/c1-16-9-23-19(4)13-33(7,32(36)37-8)14-26(23)30-17(2)10-24-25(28(16)30)12-22(15-38-21(6)34)31-20(5)27(35)11-18(3)29(24)31/h16-20,22-26,28-31H,9-15H2,1-8H3/t16-,17-,18+,19-,20?,22+,23?,24?,25?,26?,28?,29?,30?,31?,33?/m1/s1. The summed E-state index contributed by atoms with van der Waals surface area (Å²) in [6, 6.07) is 0. The minimum atomic E-state index is -0.389. The molecule has 0 aliphatic heterocycles. The molecule has 0 heterocycles. The molecule has 5 fully saturated rings. The number of esters is 2. The van der Waals surface area contributed by atoms with E-state index in [4.69, 9.17) is 9.47 Å². The molecule has 38 heavy (non-hydrogen) atoms. The van der Waals surface area contributed by atoms with Crippen molar-refractivity contribution in [1.82, 2.24) is 0 Å². The van der Waals surface area contributed by atoms with E-state index in [0.717, 1.165) is 19.3 Å². The normalized spacial score (nSPS) is 52.1. The summed E-state index contributed by atoms with van der Waals surface area (Å²) in [5.74, 6) is 7.28. The van der Waals surface area contributed by atoms with Gasteiger partial charge in [0.15, 0.2) is 0 Å². The molecule has 5 aliphatic rings. The molecule has 0 amide bonds. The quantitative estimate of drug-likeness (QED) is 0.395. The van der Waals surface area contributed by atoms with Gasteiger partial charge in [0.05, 0.1) is 19.1 Å². The minimum absolute atomic E-state index is 0.0315. The first-order chi connectivity index (χ1) is 17.9. The molecule has 0 bridgehead atoms. The first-order valence-corrected chi connectivity index (χ1v) is 15.6. The van der Waals surface area contributed by atoms with E-state index >= 15 is 0 Å². The number of ketones is 1. The van der Waals surface area contributed by atoms with Crippen molar-refractivity contribution in [2.45, 2.75) is 87.0 Å². The Morgan fingerprint density at radius 1 is 0.789 bits per heavy atom. The molecule has 5 heteroatoms. The molecular formula is C33H52O5. The molecule has 0 aromatic carbocycles. The van der Waals surface area contributed by atoms with Gasteiger partial charge >= 0.3 is 11.9 Å². The van der Waals surface area contributed by atoms with Gasteiger partial charge in [-0.2, -0.15) is 0 Å². The van der Waals surface area contributed by atoms with E-state index in [0.29, 0.717) is 89.8 Å². The molecule has 5 saturated carbocycles. The minimum Gasteiger partial charge on any atom is -0.469 e. The lowest BCUT2D eigenvalue weighted by atomic mass is 9.40. The highest BCUT2D eigenvalue weighted by atomic mass is 16.5. The lowest BCUT2D eigenvalue weighted by Gasteiger charge is -2.65. The van der Waals surface area contributed by atoms with Crippen molar-refractivity contribution < 1.29 is 23.9 Å². The van der Waals surface area contributed by atoms with Crippen LogP contribution in [0.25, 0.3) is 0 Å². The number of hydrogen-bond donors (Lipinski definition) is 0. The van der Waals surface area contributed by atoms with Gasteiger partial charge < -0.3 is 9.47 Å². The zero-order valence-electron chi connectivity index (χ0n) is 25.1. The van der Waals surface area contributed by atoms with Gasteiger partial charge in [0, 0.05) is 19.3 Å². The highest BCUT2D eigenvalue weighted by molar-refractivity contribution is 5.82. The predicted molar refractivity (Wildman–Crippen MR) is 147 cm³/mol. The van der Waals surface area contributed by atoms with E-state index in [1.165, 1.54) is 19.8 Å². The lowest BCUT2D eigenvalue weighted by Crippen LogP contribution is -2.60. The number of ether oxygens (including phenoxy) is 2. The Hall–Kier alpha value is -1.39. The summed E-state index contributed by atoms with van der Waals surface area (Å²) in [4.78, 5) is 37.9. The van der Waals surface area contributed by atoms with Crippen LogP contribution in [0.1, 0.15) is 87.0 Å². The molecule has 15 atom stereocenters. The largest absolute Gasteiger partial charge is 0.469 e. The molecule has 0 N–H and O–H groups in total.